The van der Waals surface area contributed by atoms with E-state index in [1.165, 1.54) is 12.1 Å². The molecular formula is C33H42FN7O6Si. The normalized spacial score (nSPS) is 25.4. The molecule has 0 bridgehead atoms. The highest BCUT2D eigenvalue weighted by Gasteiger charge is 2.66. The molecule has 48 heavy (non-hydrogen) atoms. The van der Waals surface area contributed by atoms with Crippen molar-refractivity contribution in [3.8, 4) is 0 Å². The number of fused-ring (bicyclic) bond motifs is 2. The third-order valence-electron chi connectivity index (χ3n) is 9.98. The molecule has 256 valence electrons. The Kier molecular flexibility index (Phi) is 9.48. The van der Waals surface area contributed by atoms with Crippen LogP contribution in [0.1, 0.15) is 43.0 Å². The highest BCUT2D eigenvalue weighted by Crippen LogP contribution is 2.60. The van der Waals surface area contributed by atoms with Crippen LogP contribution in [0.3, 0.4) is 0 Å². The van der Waals surface area contributed by atoms with Crippen LogP contribution in [-0.2, 0) is 39.4 Å². The van der Waals surface area contributed by atoms with Crippen LogP contribution in [0.4, 0.5) is 21.2 Å². The number of carbonyl (C=O) groups excluding carboxylic acids is 2. The molecule has 3 aliphatic heterocycles. The number of nitrogens with one attached hydrogen (secondary N) is 2. The van der Waals surface area contributed by atoms with Gasteiger partial charge in [-0.1, -0.05) is 24.3 Å². The lowest BCUT2D eigenvalue weighted by atomic mass is 9.82. The Hall–Kier alpha value is -4.05. The summed E-state index contributed by atoms with van der Waals surface area (Å²) < 4.78 is 24.5. The first-order valence-electron chi connectivity index (χ1n) is 16.5. The molecule has 13 nitrogen and oxygen atoms in total. The van der Waals surface area contributed by atoms with Crippen molar-refractivity contribution in [3.05, 3.63) is 75.6 Å². The lowest BCUT2D eigenvalue weighted by Gasteiger charge is -2.31. The number of aliphatic hydroxyl groups excluding tert-OH is 1. The quantitative estimate of drug-likeness (QED) is 0.117. The lowest BCUT2D eigenvalue weighted by Crippen LogP contribution is -2.45. The number of nitro benzene ring substituents is 1. The van der Waals surface area contributed by atoms with Gasteiger partial charge in [0, 0.05) is 67.2 Å². The van der Waals surface area contributed by atoms with Crippen molar-refractivity contribution in [3.63, 3.8) is 0 Å². The smallest absolute Gasteiger partial charge is 0.269 e. The Balaban J connectivity index is 1.28. The maximum Gasteiger partial charge on any atom is 0.269 e. The summed E-state index contributed by atoms with van der Waals surface area (Å²) in [4.78, 5) is 40.3. The average Bonchev–Trinajstić information content (AvgIpc) is 3.71. The fourth-order valence-electron chi connectivity index (χ4n) is 7.71. The summed E-state index contributed by atoms with van der Waals surface area (Å²) >= 11 is 0. The number of halogens is 1. The van der Waals surface area contributed by atoms with Crippen LogP contribution in [0.5, 0.6) is 0 Å². The van der Waals surface area contributed by atoms with Crippen LogP contribution in [0, 0.1) is 22.0 Å². The maximum atomic E-state index is 16.2. The molecule has 0 saturated carbocycles. The first-order valence-corrected chi connectivity index (χ1v) is 19.5. The van der Waals surface area contributed by atoms with Gasteiger partial charge in [0.05, 0.1) is 34.9 Å². The number of amides is 2. The average molecular weight is 680 g/mol. The highest BCUT2D eigenvalue weighted by atomic mass is 28.4. The van der Waals surface area contributed by atoms with E-state index in [4.69, 9.17) is 4.74 Å². The van der Waals surface area contributed by atoms with Crippen LogP contribution < -0.4 is 15.5 Å². The number of aliphatic hydroxyl groups is 1. The Morgan fingerprint density at radius 3 is 2.71 bits per heavy atom. The molecule has 1 unspecified atom stereocenters. The highest BCUT2D eigenvalue weighted by molar-refractivity contribution is 6.72. The number of aromatic nitrogens is 3. The molecule has 2 aromatic carbocycles. The molecule has 5 atom stereocenters. The van der Waals surface area contributed by atoms with Crippen LogP contribution in [0.2, 0.25) is 18.6 Å². The van der Waals surface area contributed by atoms with Gasteiger partial charge < -0.3 is 29.5 Å². The van der Waals surface area contributed by atoms with E-state index < -0.39 is 36.5 Å². The summed E-state index contributed by atoms with van der Waals surface area (Å²) in [6.45, 7) is 7.04. The van der Waals surface area contributed by atoms with Crippen molar-refractivity contribution in [1.29, 1.82) is 0 Å². The van der Waals surface area contributed by atoms with E-state index in [1.807, 2.05) is 19.1 Å². The van der Waals surface area contributed by atoms with Gasteiger partial charge in [0.1, 0.15) is 0 Å². The summed E-state index contributed by atoms with van der Waals surface area (Å²) in [6, 6.07) is 11.6. The minimum absolute atomic E-state index is 0.0348. The molecule has 2 fully saturated rings. The van der Waals surface area contributed by atoms with E-state index in [2.05, 4.69) is 20.9 Å². The van der Waals surface area contributed by atoms with E-state index in [-0.39, 0.29) is 36.6 Å². The van der Waals surface area contributed by atoms with Crippen LogP contribution >= 0.6 is 0 Å². The van der Waals surface area contributed by atoms with Crippen LogP contribution in [0.15, 0.2) is 48.7 Å². The Morgan fingerprint density at radius 2 is 2.04 bits per heavy atom. The number of aryl methyl sites for hydroxylation is 1. The molecule has 15 heteroatoms. The Bertz CT molecular complexity index is 1680. The molecule has 3 aromatic rings. The number of rotatable bonds is 11. The van der Waals surface area contributed by atoms with E-state index in [9.17, 15) is 24.8 Å². The molecule has 3 N–H and O–H groups in total. The Morgan fingerprint density at radius 1 is 1.27 bits per heavy atom. The number of anilines is 2. The molecule has 4 heterocycles. The molecule has 2 amide bonds. The van der Waals surface area contributed by atoms with Gasteiger partial charge in [0.2, 0.25) is 14.3 Å². The predicted molar refractivity (Wildman–Crippen MR) is 178 cm³/mol. The fourth-order valence-corrected chi connectivity index (χ4v) is 10.3. The SMILES string of the molecule is C[C@H]1[C@H]([Si](C)(C)F)[C@@H](CCn2cc(CCO)nn2)O[C@]12C(=O)N(Cc1ccc(NC(=O)C3CCCNC3)cc1)c1ccc([N+](=O)[O-])cc12. The van der Waals surface area contributed by atoms with E-state index in [0.29, 0.717) is 48.6 Å². The molecule has 6 rings (SSSR count). The van der Waals surface area contributed by atoms with Crippen molar-refractivity contribution in [1.82, 2.24) is 20.3 Å². The number of hydrogen-bond acceptors (Lipinski definition) is 9. The second-order valence-electron chi connectivity index (χ2n) is 13.6. The standard InChI is InChI=1S/C33H42FN7O6Si/c1-21-30(48(2,3)34)29(12-15-39-20-25(13-16-42)37-38-39)47-33(21)27-17-26(41(45)46)10-11-28(27)40(32(33)44)19-22-6-8-24(9-7-22)36-31(43)23-5-4-14-35-18-23/h6-11,17,20-21,23,29-30,35,42H,4-5,12-16,18-19H2,1-3H3,(H,36,43)/t21-,23?,29+,30-,33+/m0/s1. The van der Waals surface area contributed by atoms with Gasteiger partial charge in [-0.3, -0.25) is 24.4 Å². The molecule has 2 saturated heterocycles. The van der Waals surface area contributed by atoms with Crippen LogP contribution in [0.25, 0.3) is 0 Å². The summed E-state index contributed by atoms with van der Waals surface area (Å²) in [7, 11) is -3.45. The van der Waals surface area contributed by atoms with Gasteiger partial charge in [-0.05, 0) is 62.7 Å². The van der Waals surface area contributed by atoms with Gasteiger partial charge >= 0.3 is 0 Å². The number of non-ortho nitro benzene ring substituents is 1. The number of benzene rings is 2. The topological polar surface area (TPSA) is 165 Å². The van der Waals surface area contributed by atoms with E-state index >= 15 is 4.11 Å². The number of carbonyl (C=O) groups is 2. The number of nitrogens with zero attached hydrogens (tertiary/aromatic N) is 5. The molecule has 0 aliphatic carbocycles. The third-order valence-corrected chi connectivity index (χ3v) is 12.4. The number of hydrogen-bond donors (Lipinski definition) is 3. The van der Waals surface area contributed by atoms with E-state index in [1.54, 1.807) is 47.1 Å². The van der Waals surface area contributed by atoms with Crippen molar-refractivity contribution >= 4 is 37.3 Å². The maximum absolute atomic E-state index is 16.2. The minimum Gasteiger partial charge on any atom is -0.396 e. The van der Waals surface area contributed by atoms with Gasteiger partial charge in [-0.15, -0.1) is 5.10 Å². The van der Waals surface area contributed by atoms with Crippen molar-refractivity contribution in [2.45, 2.75) is 76.0 Å². The summed E-state index contributed by atoms with van der Waals surface area (Å²) in [6.07, 6.45) is 3.57. The molecule has 1 spiro atoms. The number of piperidine rings is 1. The lowest BCUT2D eigenvalue weighted by molar-refractivity contribution is -0.385. The zero-order chi connectivity index (χ0) is 34.2. The molecule has 0 radical (unpaired) electrons. The Labute approximate surface area is 279 Å². The van der Waals surface area contributed by atoms with Gasteiger partial charge in [0.15, 0.2) is 5.60 Å². The molecule has 3 aliphatic rings. The van der Waals surface area contributed by atoms with Gasteiger partial charge in [0.25, 0.3) is 11.6 Å². The number of ether oxygens (including phenoxy) is 1. The van der Waals surface area contributed by atoms with E-state index in [0.717, 1.165) is 24.9 Å². The third kappa shape index (κ3) is 6.39. The minimum atomic E-state index is -3.45. The number of nitro groups is 1. The van der Waals surface area contributed by atoms with Gasteiger partial charge in [-0.2, -0.15) is 0 Å². The first-order chi connectivity index (χ1) is 22.9. The van der Waals surface area contributed by atoms with Crippen molar-refractivity contribution in [2.75, 3.05) is 29.9 Å². The zero-order valence-corrected chi connectivity index (χ0v) is 28.4. The largest absolute Gasteiger partial charge is 0.396 e. The molecule has 1 aromatic heterocycles. The summed E-state index contributed by atoms with van der Waals surface area (Å²) in [5.41, 5.74) is 0.549. The van der Waals surface area contributed by atoms with Crippen molar-refractivity contribution in [2.24, 2.45) is 11.8 Å². The monoisotopic (exact) mass is 679 g/mol. The first kappa shape index (κ1) is 33.8. The predicted octanol–water partition coefficient (Wildman–Crippen LogP) is 4.07. The summed E-state index contributed by atoms with van der Waals surface area (Å²) in [5, 5.41) is 35.5. The fraction of sp³-hybridized carbons (Fsp3) is 0.515. The van der Waals surface area contributed by atoms with Crippen molar-refractivity contribution < 1.29 is 28.5 Å². The summed E-state index contributed by atoms with van der Waals surface area (Å²) in [5.74, 6) is -1.12. The second-order valence-corrected chi connectivity index (χ2v) is 17.4. The zero-order valence-electron chi connectivity index (χ0n) is 27.4. The van der Waals surface area contributed by atoms with Crippen LogP contribution in [-0.4, -0.2) is 71.0 Å². The molecular weight excluding hydrogens is 637 g/mol. The van der Waals surface area contributed by atoms with Gasteiger partial charge in [-0.25, -0.2) is 0 Å². The second kappa shape index (κ2) is 13.5.